The van der Waals surface area contributed by atoms with Gasteiger partial charge in [0.1, 0.15) is 0 Å². The van der Waals surface area contributed by atoms with Gasteiger partial charge in [0.25, 0.3) is 0 Å². The molecule has 1 aromatic carbocycles. The number of carbonyl (C=O) groups excluding carboxylic acids is 2. The van der Waals surface area contributed by atoms with Gasteiger partial charge < -0.3 is 15.5 Å². The van der Waals surface area contributed by atoms with Gasteiger partial charge in [-0.25, -0.2) is 0 Å². The molecular formula is C20H32N4O2. The lowest BCUT2D eigenvalue weighted by Gasteiger charge is -2.36. The summed E-state index contributed by atoms with van der Waals surface area (Å²) in [5.41, 5.74) is 0.857. The summed E-state index contributed by atoms with van der Waals surface area (Å²) in [6.07, 6.45) is 0.323. The average Bonchev–Trinajstić information content (AvgIpc) is 2.62. The first-order valence-corrected chi connectivity index (χ1v) is 9.43. The van der Waals surface area contributed by atoms with E-state index in [4.69, 9.17) is 0 Å². The van der Waals surface area contributed by atoms with Crippen LogP contribution in [-0.2, 0) is 9.59 Å². The minimum atomic E-state index is -0.418. The maximum atomic E-state index is 11.9. The van der Waals surface area contributed by atoms with Gasteiger partial charge in [-0.05, 0) is 12.1 Å². The quantitative estimate of drug-likeness (QED) is 0.773. The number of nitrogens with zero attached hydrogens (tertiary/aromatic N) is 2. The normalized spacial score (nSPS) is 15.6. The Balaban J connectivity index is 1.56. The molecule has 6 nitrogen and oxygen atoms in total. The zero-order valence-corrected chi connectivity index (χ0v) is 16.3. The van der Waals surface area contributed by atoms with Crippen LogP contribution in [-0.4, -0.2) is 62.5 Å². The van der Waals surface area contributed by atoms with Crippen molar-refractivity contribution in [3.05, 3.63) is 30.3 Å². The van der Waals surface area contributed by atoms with Crippen LogP contribution in [0.5, 0.6) is 0 Å². The van der Waals surface area contributed by atoms with Crippen molar-refractivity contribution in [2.45, 2.75) is 27.2 Å². The second-order valence-electron chi connectivity index (χ2n) is 7.77. The van der Waals surface area contributed by atoms with E-state index in [1.807, 2.05) is 26.8 Å². The maximum absolute atomic E-state index is 11.9. The van der Waals surface area contributed by atoms with Crippen molar-refractivity contribution in [2.24, 2.45) is 5.41 Å². The Bertz CT molecular complexity index is 575. The molecule has 0 atom stereocenters. The van der Waals surface area contributed by atoms with Crippen molar-refractivity contribution in [1.82, 2.24) is 15.5 Å². The smallest absolute Gasteiger partial charge is 0.225 e. The number of anilines is 1. The molecule has 6 heteroatoms. The summed E-state index contributed by atoms with van der Waals surface area (Å²) in [4.78, 5) is 28.4. The summed E-state index contributed by atoms with van der Waals surface area (Å²) in [6.45, 7) is 11.5. The van der Waals surface area contributed by atoms with E-state index in [2.05, 4.69) is 44.7 Å². The molecule has 1 heterocycles. The first-order valence-electron chi connectivity index (χ1n) is 9.43. The van der Waals surface area contributed by atoms with E-state index in [0.29, 0.717) is 19.5 Å². The Morgan fingerprint density at radius 1 is 0.962 bits per heavy atom. The van der Waals surface area contributed by atoms with E-state index in [0.717, 1.165) is 32.7 Å². The highest BCUT2D eigenvalue weighted by Crippen LogP contribution is 2.15. The number of hydrogen-bond donors (Lipinski definition) is 2. The second-order valence-corrected chi connectivity index (χ2v) is 7.77. The summed E-state index contributed by atoms with van der Waals surface area (Å²) in [5, 5.41) is 5.74. The molecule has 0 aromatic heterocycles. The van der Waals surface area contributed by atoms with E-state index >= 15 is 0 Å². The van der Waals surface area contributed by atoms with Crippen molar-refractivity contribution in [3.63, 3.8) is 0 Å². The molecule has 1 aliphatic heterocycles. The van der Waals surface area contributed by atoms with Gasteiger partial charge in [0.15, 0.2) is 0 Å². The van der Waals surface area contributed by atoms with Gasteiger partial charge in [-0.15, -0.1) is 0 Å². The zero-order chi connectivity index (χ0) is 19.0. The lowest BCUT2D eigenvalue weighted by molar-refractivity contribution is -0.128. The summed E-state index contributed by atoms with van der Waals surface area (Å²) in [5.74, 6) is -0.0382. The van der Waals surface area contributed by atoms with Crippen LogP contribution in [0.15, 0.2) is 30.3 Å². The van der Waals surface area contributed by atoms with Crippen molar-refractivity contribution in [1.29, 1.82) is 0 Å². The summed E-state index contributed by atoms with van der Waals surface area (Å²) >= 11 is 0. The number of piperazine rings is 1. The molecule has 1 fully saturated rings. The Morgan fingerprint density at radius 3 is 2.23 bits per heavy atom. The fourth-order valence-electron chi connectivity index (χ4n) is 2.87. The number of benzene rings is 1. The number of carbonyl (C=O) groups is 2. The number of rotatable bonds is 7. The van der Waals surface area contributed by atoms with E-state index in [1.54, 1.807) is 0 Å². The van der Waals surface area contributed by atoms with Crippen LogP contribution in [0.2, 0.25) is 0 Å². The van der Waals surface area contributed by atoms with Crippen LogP contribution in [0.3, 0.4) is 0 Å². The lowest BCUT2D eigenvalue weighted by Crippen LogP contribution is -2.48. The summed E-state index contributed by atoms with van der Waals surface area (Å²) in [6, 6.07) is 10.5. The van der Waals surface area contributed by atoms with Crippen molar-refractivity contribution in [3.8, 4) is 0 Å². The van der Waals surface area contributed by atoms with Crippen LogP contribution in [0.25, 0.3) is 0 Å². The second kappa shape index (κ2) is 9.57. The maximum Gasteiger partial charge on any atom is 0.225 e. The Labute approximate surface area is 156 Å². The predicted molar refractivity (Wildman–Crippen MR) is 105 cm³/mol. The fourth-order valence-corrected chi connectivity index (χ4v) is 2.87. The van der Waals surface area contributed by atoms with Crippen LogP contribution in [0, 0.1) is 5.41 Å². The van der Waals surface area contributed by atoms with Crippen molar-refractivity contribution < 1.29 is 9.59 Å². The molecule has 0 bridgehead atoms. The van der Waals surface area contributed by atoms with Crippen LogP contribution in [0.1, 0.15) is 27.2 Å². The first-order chi connectivity index (χ1) is 12.4. The summed E-state index contributed by atoms with van der Waals surface area (Å²) in [7, 11) is 0. The minimum absolute atomic E-state index is 0.0119. The van der Waals surface area contributed by atoms with E-state index in [1.165, 1.54) is 5.69 Å². The molecule has 144 valence electrons. The third kappa shape index (κ3) is 6.67. The molecule has 0 spiro atoms. The highest BCUT2D eigenvalue weighted by Gasteiger charge is 2.20. The number of para-hydroxylation sites is 1. The SMILES string of the molecule is CC(C)(C)C(=O)NCCC(=O)NCCN1CCN(c2ccccc2)CC1. The largest absolute Gasteiger partial charge is 0.369 e. The van der Waals surface area contributed by atoms with Gasteiger partial charge in [0.2, 0.25) is 11.8 Å². The Hall–Kier alpha value is -2.08. The highest BCUT2D eigenvalue weighted by atomic mass is 16.2. The van der Waals surface area contributed by atoms with E-state index in [-0.39, 0.29) is 11.8 Å². The van der Waals surface area contributed by atoms with Crippen molar-refractivity contribution in [2.75, 3.05) is 50.7 Å². The molecule has 0 unspecified atom stereocenters. The van der Waals surface area contributed by atoms with E-state index < -0.39 is 5.41 Å². The van der Waals surface area contributed by atoms with Gasteiger partial charge in [0.05, 0.1) is 0 Å². The van der Waals surface area contributed by atoms with Gasteiger partial charge >= 0.3 is 0 Å². The summed E-state index contributed by atoms with van der Waals surface area (Å²) < 4.78 is 0. The van der Waals surface area contributed by atoms with Gasteiger partial charge in [-0.1, -0.05) is 39.0 Å². The molecule has 0 aliphatic carbocycles. The topological polar surface area (TPSA) is 64.7 Å². The molecule has 2 rings (SSSR count). The zero-order valence-electron chi connectivity index (χ0n) is 16.3. The molecule has 1 saturated heterocycles. The van der Waals surface area contributed by atoms with Gasteiger partial charge in [-0.3, -0.25) is 14.5 Å². The van der Waals surface area contributed by atoms with Crippen LogP contribution < -0.4 is 15.5 Å². The average molecular weight is 361 g/mol. The molecule has 0 radical (unpaired) electrons. The molecule has 0 saturated carbocycles. The van der Waals surface area contributed by atoms with Crippen molar-refractivity contribution >= 4 is 17.5 Å². The minimum Gasteiger partial charge on any atom is -0.369 e. The monoisotopic (exact) mass is 360 g/mol. The van der Waals surface area contributed by atoms with Crippen LogP contribution >= 0.6 is 0 Å². The molecule has 26 heavy (non-hydrogen) atoms. The molecule has 2 amide bonds. The molecular weight excluding hydrogens is 328 g/mol. The third-order valence-electron chi connectivity index (χ3n) is 4.56. The predicted octanol–water partition coefficient (Wildman–Crippen LogP) is 1.48. The van der Waals surface area contributed by atoms with Gasteiger partial charge in [0, 0.05) is 63.3 Å². The standard InChI is InChI=1S/C20H32N4O2/c1-20(2,3)19(26)22-10-9-18(25)21-11-12-23-13-15-24(16-14-23)17-7-5-4-6-8-17/h4-8H,9-16H2,1-3H3,(H,21,25)(H,22,26). The fraction of sp³-hybridized carbons (Fsp3) is 0.600. The third-order valence-corrected chi connectivity index (χ3v) is 4.56. The Morgan fingerprint density at radius 2 is 1.62 bits per heavy atom. The molecule has 1 aromatic rings. The number of amides is 2. The highest BCUT2D eigenvalue weighted by molar-refractivity contribution is 5.82. The Kier molecular flexibility index (Phi) is 7.45. The molecule has 1 aliphatic rings. The van der Waals surface area contributed by atoms with Crippen LogP contribution in [0.4, 0.5) is 5.69 Å². The lowest BCUT2D eigenvalue weighted by atomic mass is 9.96. The number of nitrogens with one attached hydrogen (secondary N) is 2. The van der Waals surface area contributed by atoms with E-state index in [9.17, 15) is 9.59 Å². The number of hydrogen-bond acceptors (Lipinski definition) is 4. The van der Waals surface area contributed by atoms with Gasteiger partial charge in [-0.2, -0.15) is 0 Å². The first kappa shape index (κ1) is 20.2. The molecule has 2 N–H and O–H groups in total.